The van der Waals surface area contributed by atoms with Gasteiger partial charge in [-0.25, -0.2) is 8.42 Å². The lowest BCUT2D eigenvalue weighted by molar-refractivity contribution is -0.120. The predicted molar refractivity (Wildman–Crippen MR) is 86.2 cm³/mol. The molecule has 1 aromatic rings. The molecule has 0 aliphatic carbocycles. The van der Waals surface area contributed by atoms with Crippen molar-refractivity contribution in [3.05, 3.63) is 34.9 Å². The van der Waals surface area contributed by atoms with Crippen LogP contribution in [0.15, 0.2) is 24.3 Å². The molecule has 6 nitrogen and oxygen atoms in total. The fraction of sp³-hybridized carbons (Fsp3) is 0.500. The van der Waals surface area contributed by atoms with Crippen LogP contribution in [0.1, 0.15) is 11.5 Å². The van der Waals surface area contributed by atoms with Crippen LogP contribution in [0.3, 0.4) is 0 Å². The minimum atomic E-state index is -3.15. The molecule has 2 N–H and O–H groups in total. The summed E-state index contributed by atoms with van der Waals surface area (Å²) >= 11 is 5.86. The molecule has 0 radical (unpaired) electrons. The standard InChI is InChI=1S/C14H20ClN3O3S/c1-22(20,21)18-8-6-17(7-9-18)10-13(14(16)19)11-2-4-12(15)5-3-11/h2-5,13H,6-10H2,1H3,(H2,16,19)/t13-/m1/s1. The molecule has 1 saturated heterocycles. The van der Waals surface area contributed by atoms with Crippen molar-refractivity contribution in [3.8, 4) is 0 Å². The molecule has 0 unspecified atom stereocenters. The van der Waals surface area contributed by atoms with Crippen LogP contribution in [0, 0.1) is 0 Å². The highest BCUT2D eigenvalue weighted by atomic mass is 35.5. The van der Waals surface area contributed by atoms with E-state index in [1.807, 2.05) is 0 Å². The lowest BCUT2D eigenvalue weighted by Gasteiger charge is -2.34. The number of sulfonamides is 1. The van der Waals surface area contributed by atoms with E-state index in [-0.39, 0.29) is 0 Å². The van der Waals surface area contributed by atoms with Gasteiger partial charge < -0.3 is 5.73 Å². The first kappa shape index (κ1) is 17.2. The van der Waals surface area contributed by atoms with Crippen LogP contribution in [0.25, 0.3) is 0 Å². The first-order valence-electron chi connectivity index (χ1n) is 6.99. The van der Waals surface area contributed by atoms with E-state index in [0.29, 0.717) is 37.7 Å². The van der Waals surface area contributed by atoms with E-state index in [4.69, 9.17) is 17.3 Å². The molecule has 1 aliphatic rings. The highest BCUT2D eigenvalue weighted by molar-refractivity contribution is 7.88. The quantitative estimate of drug-likeness (QED) is 0.841. The Bertz CT molecular complexity index is 625. The molecule has 22 heavy (non-hydrogen) atoms. The second-order valence-electron chi connectivity index (χ2n) is 5.47. The summed E-state index contributed by atoms with van der Waals surface area (Å²) < 4.78 is 24.4. The zero-order chi connectivity index (χ0) is 16.3. The van der Waals surface area contributed by atoms with E-state index in [2.05, 4.69) is 4.90 Å². The van der Waals surface area contributed by atoms with Crippen LogP contribution < -0.4 is 5.73 Å². The zero-order valence-electron chi connectivity index (χ0n) is 12.4. The van der Waals surface area contributed by atoms with Gasteiger partial charge in [0.15, 0.2) is 0 Å². The van der Waals surface area contributed by atoms with Gasteiger partial charge in [0, 0.05) is 37.7 Å². The normalized spacial score (nSPS) is 19.0. The van der Waals surface area contributed by atoms with Crippen LogP contribution in [0.4, 0.5) is 0 Å². The fourth-order valence-corrected chi connectivity index (χ4v) is 3.51. The van der Waals surface area contributed by atoms with Crippen molar-refractivity contribution in [3.63, 3.8) is 0 Å². The summed E-state index contributed by atoms with van der Waals surface area (Å²) in [6, 6.07) is 7.05. The minimum Gasteiger partial charge on any atom is -0.369 e. The largest absolute Gasteiger partial charge is 0.369 e. The molecule has 1 fully saturated rings. The Morgan fingerprint density at radius 3 is 2.23 bits per heavy atom. The topological polar surface area (TPSA) is 83.7 Å². The molecule has 0 aromatic heterocycles. The molecule has 2 rings (SSSR count). The molecule has 122 valence electrons. The van der Waals surface area contributed by atoms with Gasteiger partial charge >= 0.3 is 0 Å². The number of rotatable bonds is 5. The van der Waals surface area contributed by atoms with Gasteiger partial charge in [0.2, 0.25) is 15.9 Å². The number of carbonyl (C=O) groups is 1. The highest BCUT2D eigenvalue weighted by Gasteiger charge is 2.27. The van der Waals surface area contributed by atoms with Crippen molar-refractivity contribution in [2.75, 3.05) is 39.0 Å². The van der Waals surface area contributed by atoms with Gasteiger partial charge in [0.05, 0.1) is 12.2 Å². The number of nitrogens with two attached hydrogens (primary N) is 1. The first-order chi connectivity index (χ1) is 10.3. The van der Waals surface area contributed by atoms with E-state index < -0.39 is 21.8 Å². The van der Waals surface area contributed by atoms with Gasteiger partial charge in [-0.05, 0) is 17.7 Å². The molecule has 1 heterocycles. The second kappa shape index (κ2) is 6.95. The number of carbonyl (C=O) groups excluding carboxylic acids is 1. The Balaban J connectivity index is 2.01. The van der Waals surface area contributed by atoms with Crippen LogP contribution in [0.2, 0.25) is 5.02 Å². The van der Waals surface area contributed by atoms with Crippen LogP contribution in [0.5, 0.6) is 0 Å². The number of primary amides is 1. The number of hydrogen-bond acceptors (Lipinski definition) is 4. The smallest absolute Gasteiger partial charge is 0.226 e. The Morgan fingerprint density at radius 1 is 1.23 bits per heavy atom. The monoisotopic (exact) mass is 345 g/mol. The minimum absolute atomic E-state index is 0.395. The van der Waals surface area contributed by atoms with Crippen molar-refractivity contribution in [1.82, 2.24) is 9.21 Å². The number of halogens is 1. The SMILES string of the molecule is CS(=O)(=O)N1CCN(C[C@@H](C(N)=O)c2ccc(Cl)cc2)CC1. The van der Waals surface area contributed by atoms with E-state index >= 15 is 0 Å². The first-order valence-corrected chi connectivity index (χ1v) is 9.22. The molecule has 0 saturated carbocycles. The van der Waals surface area contributed by atoms with E-state index in [1.165, 1.54) is 10.6 Å². The van der Waals surface area contributed by atoms with Crippen molar-refractivity contribution in [2.24, 2.45) is 5.73 Å². The highest BCUT2D eigenvalue weighted by Crippen LogP contribution is 2.20. The maximum Gasteiger partial charge on any atom is 0.226 e. The lowest BCUT2D eigenvalue weighted by Crippen LogP contribution is -2.50. The zero-order valence-corrected chi connectivity index (χ0v) is 14.0. The third-order valence-corrected chi connectivity index (χ3v) is 5.41. The average Bonchev–Trinajstić information content (AvgIpc) is 2.45. The predicted octanol–water partition coefficient (Wildman–Crippen LogP) is 0.486. The van der Waals surface area contributed by atoms with E-state index in [0.717, 1.165) is 5.56 Å². The van der Waals surface area contributed by atoms with Crippen molar-refractivity contribution in [1.29, 1.82) is 0 Å². The third kappa shape index (κ3) is 4.42. The van der Waals surface area contributed by atoms with Crippen LogP contribution >= 0.6 is 11.6 Å². The van der Waals surface area contributed by atoms with Crippen molar-refractivity contribution < 1.29 is 13.2 Å². The van der Waals surface area contributed by atoms with Crippen molar-refractivity contribution >= 4 is 27.5 Å². The summed E-state index contributed by atoms with van der Waals surface area (Å²) in [6.45, 7) is 2.53. The number of hydrogen-bond donors (Lipinski definition) is 1. The Morgan fingerprint density at radius 2 is 1.77 bits per heavy atom. The summed E-state index contributed by atoms with van der Waals surface area (Å²) in [6.07, 6.45) is 1.21. The summed E-state index contributed by atoms with van der Waals surface area (Å²) in [5.41, 5.74) is 6.34. The van der Waals surface area contributed by atoms with Gasteiger partial charge in [0.1, 0.15) is 0 Å². The van der Waals surface area contributed by atoms with Gasteiger partial charge in [-0.15, -0.1) is 0 Å². The number of benzene rings is 1. The molecular weight excluding hydrogens is 326 g/mol. The Kier molecular flexibility index (Phi) is 5.44. The van der Waals surface area contributed by atoms with E-state index in [9.17, 15) is 13.2 Å². The van der Waals surface area contributed by atoms with Gasteiger partial charge in [-0.3, -0.25) is 9.69 Å². The molecule has 1 amide bonds. The molecule has 8 heteroatoms. The van der Waals surface area contributed by atoms with Crippen molar-refractivity contribution in [2.45, 2.75) is 5.92 Å². The molecule has 0 bridgehead atoms. The second-order valence-corrected chi connectivity index (χ2v) is 7.89. The Labute approximate surface area is 135 Å². The van der Waals surface area contributed by atoms with Crippen LogP contribution in [-0.4, -0.2) is 62.5 Å². The van der Waals surface area contributed by atoms with Gasteiger partial charge in [-0.2, -0.15) is 4.31 Å². The maximum atomic E-state index is 11.7. The third-order valence-electron chi connectivity index (χ3n) is 3.86. The van der Waals surface area contributed by atoms with Gasteiger partial charge in [-0.1, -0.05) is 23.7 Å². The number of amides is 1. The molecule has 1 atom stereocenters. The number of piperazine rings is 1. The maximum absolute atomic E-state index is 11.7. The summed E-state index contributed by atoms with van der Waals surface area (Å²) in [4.78, 5) is 13.8. The average molecular weight is 346 g/mol. The molecule has 1 aromatic carbocycles. The van der Waals surface area contributed by atoms with Gasteiger partial charge in [0.25, 0.3) is 0 Å². The van der Waals surface area contributed by atoms with Crippen LogP contribution in [-0.2, 0) is 14.8 Å². The summed E-state index contributed by atoms with van der Waals surface area (Å²) in [5.74, 6) is -0.824. The molecule has 0 spiro atoms. The molecular formula is C14H20ClN3O3S. The lowest BCUT2D eigenvalue weighted by atomic mass is 9.97. The Hall–Kier alpha value is -1.15. The summed E-state index contributed by atoms with van der Waals surface area (Å²) in [7, 11) is -3.15. The van der Waals surface area contributed by atoms with E-state index in [1.54, 1.807) is 24.3 Å². The summed E-state index contributed by atoms with van der Waals surface area (Å²) in [5, 5.41) is 0.605. The fourth-order valence-electron chi connectivity index (χ4n) is 2.56. The number of nitrogens with zero attached hydrogens (tertiary/aromatic N) is 2. The molecule has 1 aliphatic heterocycles.